The molecule has 0 saturated heterocycles. The maximum atomic E-state index is 12.9. The Bertz CT molecular complexity index is 994. The normalized spacial score (nSPS) is 19.8. The molecule has 8 nitrogen and oxygen atoms in total. The summed E-state index contributed by atoms with van der Waals surface area (Å²) < 4.78 is 43.7. The SMILES string of the molecule is O=C(NC1CCC(OCCC(F)(F)F)CC1)c1nc(-n2ccnc2)cc2cn[nH]c12. The third kappa shape index (κ3) is 4.78. The van der Waals surface area contributed by atoms with E-state index in [-0.39, 0.29) is 30.4 Å². The van der Waals surface area contributed by atoms with Gasteiger partial charge >= 0.3 is 6.18 Å². The number of H-pyrrole nitrogens is 1. The maximum absolute atomic E-state index is 12.9. The molecule has 1 saturated carbocycles. The highest BCUT2D eigenvalue weighted by atomic mass is 19.4. The number of carbonyl (C=O) groups excluding carboxylic acids is 1. The minimum Gasteiger partial charge on any atom is -0.378 e. The van der Waals surface area contributed by atoms with Gasteiger partial charge < -0.3 is 10.1 Å². The molecule has 0 unspecified atom stereocenters. The molecular formula is C19H21F3N6O2. The van der Waals surface area contributed by atoms with Crippen molar-refractivity contribution in [2.75, 3.05) is 6.61 Å². The Kier molecular flexibility index (Phi) is 5.71. The van der Waals surface area contributed by atoms with Crippen LogP contribution in [0.25, 0.3) is 16.7 Å². The quantitative estimate of drug-likeness (QED) is 0.636. The number of hydrogen-bond donors (Lipinski definition) is 2. The van der Waals surface area contributed by atoms with Gasteiger partial charge in [0.15, 0.2) is 5.69 Å². The van der Waals surface area contributed by atoms with E-state index in [1.54, 1.807) is 35.6 Å². The number of amides is 1. The molecule has 0 aromatic carbocycles. The Hall–Kier alpha value is -2.95. The van der Waals surface area contributed by atoms with E-state index in [4.69, 9.17) is 4.74 Å². The van der Waals surface area contributed by atoms with E-state index in [2.05, 4.69) is 25.5 Å². The molecule has 0 aliphatic heterocycles. The molecule has 0 radical (unpaired) electrons. The van der Waals surface area contributed by atoms with E-state index in [1.165, 1.54) is 0 Å². The highest BCUT2D eigenvalue weighted by molar-refractivity contribution is 6.04. The zero-order chi connectivity index (χ0) is 21.1. The Morgan fingerprint density at radius 3 is 2.80 bits per heavy atom. The van der Waals surface area contributed by atoms with Crippen LogP contribution in [0.15, 0.2) is 31.0 Å². The lowest BCUT2D eigenvalue weighted by atomic mass is 9.93. The number of aromatic amines is 1. The van der Waals surface area contributed by atoms with E-state index < -0.39 is 12.6 Å². The Balaban J connectivity index is 1.38. The van der Waals surface area contributed by atoms with Gasteiger partial charge in [-0.1, -0.05) is 0 Å². The number of fused-ring (bicyclic) bond motifs is 1. The van der Waals surface area contributed by atoms with Crippen molar-refractivity contribution in [1.82, 2.24) is 30.0 Å². The highest BCUT2D eigenvalue weighted by Gasteiger charge is 2.29. The first-order chi connectivity index (χ1) is 14.4. The number of pyridine rings is 1. The second-order valence-electron chi connectivity index (χ2n) is 7.32. The van der Waals surface area contributed by atoms with Crippen molar-refractivity contribution in [3.63, 3.8) is 0 Å². The second kappa shape index (κ2) is 8.42. The summed E-state index contributed by atoms with van der Waals surface area (Å²) in [6, 6.07) is 1.72. The Morgan fingerprint density at radius 2 is 2.10 bits per heavy atom. The molecule has 3 aromatic heterocycles. The minimum atomic E-state index is -4.21. The molecule has 1 amide bonds. The monoisotopic (exact) mass is 422 g/mol. The van der Waals surface area contributed by atoms with E-state index in [9.17, 15) is 18.0 Å². The molecule has 11 heteroatoms. The maximum Gasteiger partial charge on any atom is 0.391 e. The summed E-state index contributed by atoms with van der Waals surface area (Å²) in [5, 5.41) is 10.5. The molecule has 3 aromatic rings. The van der Waals surface area contributed by atoms with Crippen molar-refractivity contribution in [1.29, 1.82) is 0 Å². The lowest BCUT2D eigenvalue weighted by molar-refractivity contribution is -0.150. The van der Waals surface area contributed by atoms with Crippen LogP contribution in [0.4, 0.5) is 13.2 Å². The van der Waals surface area contributed by atoms with E-state index in [0.29, 0.717) is 37.0 Å². The third-order valence-electron chi connectivity index (χ3n) is 5.15. The largest absolute Gasteiger partial charge is 0.391 e. The fourth-order valence-electron chi connectivity index (χ4n) is 3.60. The van der Waals surface area contributed by atoms with Gasteiger partial charge in [-0.3, -0.25) is 14.5 Å². The third-order valence-corrected chi connectivity index (χ3v) is 5.15. The summed E-state index contributed by atoms with van der Waals surface area (Å²) in [7, 11) is 0. The number of carbonyl (C=O) groups is 1. The lowest BCUT2D eigenvalue weighted by Crippen LogP contribution is -2.39. The Labute approximate surface area is 169 Å². The summed E-state index contributed by atoms with van der Waals surface area (Å²) >= 11 is 0. The summed E-state index contributed by atoms with van der Waals surface area (Å²) in [5.41, 5.74) is 0.776. The molecule has 2 N–H and O–H groups in total. The van der Waals surface area contributed by atoms with Crippen LogP contribution in [0.3, 0.4) is 0 Å². The molecule has 0 bridgehead atoms. The van der Waals surface area contributed by atoms with Crippen LogP contribution in [0.2, 0.25) is 0 Å². The molecule has 1 aliphatic carbocycles. The molecular weight excluding hydrogens is 401 g/mol. The summed E-state index contributed by atoms with van der Waals surface area (Å²) in [6.07, 6.45) is 3.69. The number of hydrogen-bond acceptors (Lipinski definition) is 5. The first kappa shape index (κ1) is 20.3. The number of nitrogens with zero attached hydrogens (tertiary/aromatic N) is 4. The van der Waals surface area contributed by atoms with E-state index in [0.717, 1.165) is 5.39 Å². The fourth-order valence-corrected chi connectivity index (χ4v) is 3.60. The van der Waals surface area contributed by atoms with Crippen LogP contribution in [0.5, 0.6) is 0 Å². The fraction of sp³-hybridized carbons (Fsp3) is 0.474. The van der Waals surface area contributed by atoms with Gasteiger partial charge in [0.2, 0.25) is 0 Å². The summed E-state index contributed by atoms with van der Waals surface area (Å²) in [4.78, 5) is 21.4. The van der Waals surface area contributed by atoms with Crippen LogP contribution in [0, 0.1) is 0 Å². The molecule has 160 valence electrons. The van der Waals surface area contributed by atoms with Crippen molar-refractivity contribution in [2.45, 2.75) is 50.4 Å². The molecule has 1 aliphatic rings. The van der Waals surface area contributed by atoms with Crippen molar-refractivity contribution in [3.05, 3.63) is 36.7 Å². The minimum absolute atomic E-state index is 0.0864. The van der Waals surface area contributed by atoms with Gasteiger partial charge in [-0.2, -0.15) is 18.3 Å². The molecule has 4 rings (SSSR count). The average molecular weight is 422 g/mol. The standard InChI is InChI=1S/C19H21F3N6O2/c20-19(21,22)5-8-30-14-3-1-13(2-4-14)25-18(29)17-16-12(10-24-27-16)9-15(26-17)28-7-6-23-11-28/h6-7,9-11,13-14H,1-5,8H2,(H,24,27)(H,25,29). The van der Waals surface area contributed by atoms with Crippen LogP contribution in [-0.4, -0.2) is 55.6 Å². The van der Waals surface area contributed by atoms with Gasteiger partial charge in [0, 0.05) is 23.8 Å². The van der Waals surface area contributed by atoms with Crippen molar-refractivity contribution in [3.8, 4) is 5.82 Å². The Morgan fingerprint density at radius 1 is 1.30 bits per heavy atom. The topological polar surface area (TPSA) is 97.7 Å². The number of imidazole rings is 1. The zero-order valence-electron chi connectivity index (χ0n) is 16.0. The summed E-state index contributed by atoms with van der Waals surface area (Å²) in [6.45, 7) is -0.325. The van der Waals surface area contributed by atoms with Gasteiger partial charge in [0.25, 0.3) is 5.91 Å². The van der Waals surface area contributed by atoms with Gasteiger partial charge in [0.05, 0.1) is 30.8 Å². The molecule has 0 atom stereocenters. The average Bonchev–Trinajstić information content (AvgIpc) is 3.39. The van der Waals surface area contributed by atoms with Crippen LogP contribution < -0.4 is 5.32 Å². The molecule has 3 heterocycles. The van der Waals surface area contributed by atoms with E-state index >= 15 is 0 Å². The zero-order valence-corrected chi connectivity index (χ0v) is 16.0. The van der Waals surface area contributed by atoms with Gasteiger partial charge in [-0.15, -0.1) is 0 Å². The smallest absolute Gasteiger partial charge is 0.378 e. The lowest BCUT2D eigenvalue weighted by Gasteiger charge is -2.29. The summed E-state index contributed by atoms with van der Waals surface area (Å²) in [5.74, 6) is 0.223. The van der Waals surface area contributed by atoms with Crippen LogP contribution >= 0.6 is 0 Å². The predicted molar refractivity (Wildman–Crippen MR) is 101 cm³/mol. The molecule has 1 fully saturated rings. The van der Waals surface area contributed by atoms with Gasteiger partial charge in [-0.05, 0) is 31.7 Å². The molecule has 0 spiro atoms. The molecule has 30 heavy (non-hydrogen) atoms. The number of nitrogens with one attached hydrogen (secondary N) is 2. The first-order valence-corrected chi connectivity index (χ1v) is 9.71. The number of ether oxygens (including phenoxy) is 1. The number of rotatable bonds is 6. The van der Waals surface area contributed by atoms with Crippen molar-refractivity contribution in [2.24, 2.45) is 0 Å². The van der Waals surface area contributed by atoms with Crippen LogP contribution in [0.1, 0.15) is 42.6 Å². The van der Waals surface area contributed by atoms with Gasteiger partial charge in [-0.25, -0.2) is 9.97 Å². The van der Waals surface area contributed by atoms with Crippen LogP contribution in [-0.2, 0) is 4.74 Å². The number of aromatic nitrogens is 5. The highest BCUT2D eigenvalue weighted by Crippen LogP contribution is 2.25. The van der Waals surface area contributed by atoms with Gasteiger partial charge in [0.1, 0.15) is 12.1 Å². The first-order valence-electron chi connectivity index (χ1n) is 9.71. The number of alkyl halides is 3. The predicted octanol–water partition coefficient (Wildman–Crippen LogP) is 3.15. The van der Waals surface area contributed by atoms with Crippen molar-refractivity contribution < 1.29 is 22.7 Å². The number of halogens is 3. The van der Waals surface area contributed by atoms with Crippen molar-refractivity contribution >= 4 is 16.8 Å². The second-order valence-corrected chi connectivity index (χ2v) is 7.32. The van der Waals surface area contributed by atoms with E-state index in [1.807, 2.05) is 0 Å².